The maximum Gasteiger partial charge on any atom is 0.306 e. The van der Waals surface area contributed by atoms with Gasteiger partial charge in [0.1, 0.15) is 13.2 Å². The highest BCUT2D eigenvalue weighted by Gasteiger charge is 2.19. The Bertz CT molecular complexity index is 933. The highest BCUT2D eigenvalue weighted by Crippen LogP contribution is 2.18. The van der Waals surface area contributed by atoms with Crippen LogP contribution in [0.15, 0.2) is 0 Å². The van der Waals surface area contributed by atoms with Gasteiger partial charge in [0.05, 0.1) is 0 Å². The molecule has 0 aromatic heterocycles. The van der Waals surface area contributed by atoms with Crippen LogP contribution in [-0.4, -0.2) is 37.2 Å². The van der Waals surface area contributed by atoms with Gasteiger partial charge >= 0.3 is 17.9 Å². The standard InChI is InChI=1S/C55H106O6/c1-6-8-9-10-11-12-25-32-37-42-47-55(58)61-52(49-60-54(57)46-41-36-31-27-22-21-24-29-34-39-44-51(5)7-2)48-59-53(56)45-40-35-30-26-20-18-16-14-13-15-17-19-23-28-33-38-43-50(3)4/h50-52H,6-49H2,1-5H3/t51?,52-/m1/s1. The van der Waals surface area contributed by atoms with Gasteiger partial charge in [-0.2, -0.15) is 0 Å². The second-order valence-electron chi connectivity index (χ2n) is 19.6. The molecule has 0 aromatic carbocycles. The Morgan fingerprint density at radius 1 is 0.344 bits per heavy atom. The molecule has 0 amide bonds. The fourth-order valence-corrected chi connectivity index (χ4v) is 8.31. The van der Waals surface area contributed by atoms with E-state index in [0.717, 1.165) is 69.6 Å². The summed E-state index contributed by atoms with van der Waals surface area (Å²) in [6.45, 7) is 11.4. The summed E-state index contributed by atoms with van der Waals surface area (Å²) in [4.78, 5) is 38.0. The largest absolute Gasteiger partial charge is 0.462 e. The summed E-state index contributed by atoms with van der Waals surface area (Å²) in [5.41, 5.74) is 0. The minimum Gasteiger partial charge on any atom is -0.462 e. The lowest BCUT2D eigenvalue weighted by molar-refractivity contribution is -0.167. The molecular formula is C55H106O6. The topological polar surface area (TPSA) is 78.9 Å². The molecule has 1 unspecified atom stereocenters. The van der Waals surface area contributed by atoms with Gasteiger partial charge in [0, 0.05) is 19.3 Å². The van der Waals surface area contributed by atoms with Gasteiger partial charge in [-0.25, -0.2) is 0 Å². The van der Waals surface area contributed by atoms with E-state index >= 15 is 0 Å². The molecule has 61 heavy (non-hydrogen) atoms. The average molecular weight is 863 g/mol. The van der Waals surface area contributed by atoms with E-state index in [1.54, 1.807) is 0 Å². The van der Waals surface area contributed by atoms with Crippen LogP contribution in [0.4, 0.5) is 0 Å². The third kappa shape index (κ3) is 47.7. The van der Waals surface area contributed by atoms with Crippen molar-refractivity contribution in [2.75, 3.05) is 13.2 Å². The van der Waals surface area contributed by atoms with Crippen LogP contribution in [0, 0.1) is 11.8 Å². The molecule has 0 rings (SSSR count). The van der Waals surface area contributed by atoms with Crippen LogP contribution in [0.5, 0.6) is 0 Å². The lowest BCUT2D eigenvalue weighted by Crippen LogP contribution is -2.30. The molecule has 0 bridgehead atoms. The van der Waals surface area contributed by atoms with E-state index in [-0.39, 0.29) is 31.1 Å². The third-order valence-electron chi connectivity index (χ3n) is 12.8. The maximum absolute atomic E-state index is 12.8. The zero-order chi connectivity index (χ0) is 44.7. The van der Waals surface area contributed by atoms with Gasteiger partial charge in [-0.05, 0) is 31.1 Å². The molecule has 0 aliphatic rings. The van der Waals surface area contributed by atoms with Crippen LogP contribution in [0.1, 0.15) is 304 Å². The second kappa shape index (κ2) is 47.9. The summed E-state index contributed by atoms with van der Waals surface area (Å²) in [5.74, 6) is 0.877. The number of rotatable bonds is 49. The first-order chi connectivity index (χ1) is 29.8. The first-order valence-corrected chi connectivity index (χ1v) is 27.3. The number of hydrogen-bond acceptors (Lipinski definition) is 6. The molecule has 0 aromatic rings. The molecule has 6 nitrogen and oxygen atoms in total. The van der Waals surface area contributed by atoms with Gasteiger partial charge in [-0.15, -0.1) is 0 Å². The van der Waals surface area contributed by atoms with Crippen molar-refractivity contribution in [3.63, 3.8) is 0 Å². The molecule has 0 saturated heterocycles. The minimum absolute atomic E-state index is 0.0633. The molecule has 0 fully saturated rings. The molecule has 0 aliphatic heterocycles. The zero-order valence-electron chi connectivity index (χ0n) is 41.8. The summed E-state index contributed by atoms with van der Waals surface area (Å²) in [5, 5.41) is 0. The second-order valence-corrected chi connectivity index (χ2v) is 19.6. The van der Waals surface area contributed by atoms with Gasteiger partial charge in [0.15, 0.2) is 6.10 Å². The van der Waals surface area contributed by atoms with E-state index in [1.165, 1.54) is 193 Å². The number of esters is 3. The Hall–Kier alpha value is -1.59. The lowest BCUT2D eigenvalue weighted by Gasteiger charge is -2.18. The fraction of sp³-hybridized carbons (Fsp3) is 0.945. The maximum atomic E-state index is 12.8. The van der Waals surface area contributed by atoms with E-state index in [1.807, 2.05) is 0 Å². The van der Waals surface area contributed by atoms with Crippen molar-refractivity contribution in [2.45, 2.75) is 310 Å². The summed E-state index contributed by atoms with van der Waals surface area (Å²) in [6.07, 6.45) is 49.4. The minimum atomic E-state index is -0.761. The van der Waals surface area contributed by atoms with Gasteiger partial charge in [0.2, 0.25) is 0 Å². The van der Waals surface area contributed by atoms with Crippen LogP contribution in [-0.2, 0) is 28.6 Å². The third-order valence-corrected chi connectivity index (χ3v) is 12.8. The Balaban J connectivity index is 4.23. The molecule has 0 heterocycles. The van der Waals surface area contributed by atoms with E-state index in [0.29, 0.717) is 19.3 Å². The Morgan fingerprint density at radius 3 is 0.934 bits per heavy atom. The van der Waals surface area contributed by atoms with Crippen molar-refractivity contribution in [1.82, 2.24) is 0 Å². The smallest absolute Gasteiger partial charge is 0.306 e. The number of unbranched alkanes of at least 4 members (excludes halogenated alkanes) is 33. The van der Waals surface area contributed by atoms with Crippen LogP contribution >= 0.6 is 0 Å². The van der Waals surface area contributed by atoms with Crippen molar-refractivity contribution in [3.8, 4) is 0 Å². The normalized spacial score (nSPS) is 12.5. The molecule has 0 spiro atoms. The summed E-state index contributed by atoms with van der Waals surface area (Å²) >= 11 is 0. The monoisotopic (exact) mass is 863 g/mol. The fourth-order valence-electron chi connectivity index (χ4n) is 8.31. The van der Waals surface area contributed by atoms with Crippen LogP contribution in [0.2, 0.25) is 0 Å². The summed E-state index contributed by atoms with van der Waals surface area (Å²) in [7, 11) is 0. The molecule has 6 heteroatoms. The van der Waals surface area contributed by atoms with Crippen molar-refractivity contribution < 1.29 is 28.6 Å². The Kier molecular flexibility index (Phi) is 46.6. The predicted molar refractivity (Wildman–Crippen MR) is 261 cm³/mol. The summed E-state index contributed by atoms with van der Waals surface area (Å²) < 4.78 is 16.8. The Labute approximate surface area is 380 Å². The number of carbonyl (C=O) groups excluding carboxylic acids is 3. The number of ether oxygens (including phenoxy) is 3. The molecule has 0 radical (unpaired) electrons. The first kappa shape index (κ1) is 59.4. The van der Waals surface area contributed by atoms with Gasteiger partial charge in [-0.3, -0.25) is 14.4 Å². The molecular weight excluding hydrogens is 757 g/mol. The average Bonchev–Trinajstić information content (AvgIpc) is 3.24. The zero-order valence-corrected chi connectivity index (χ0v) is 41.8. The van der Waals surface area contributed by atoms with Crippen molar-refractivity contribution in [1.29, 1.82) is 0 Å². The van der Waals surface area contributed by atoms with E-state index in [9.17, 15) is 14.4 Å². The highest BCUT2D eigenvalue weighted by atomic mass is 16.6. The van der Waals surface area contributed by atoms with E-state index < -0.39 is 6.10 Å². The molecule has 362 valence electrons. The Morgan fingerprint density at radius 2 is 0.623 bits per heavy atom. The lowest BCUT2D eigenvalue weighted by atomic mass is 9.99. The van der Waals surface area contributed by atoms with Crippen molar-refractivity contribution >= 4 is 17.9 Å². The van der Waals surface area contributed by atoms with Crippen molar-refractivity contribution in [3.05, 3.63) is 0 Å². The molecule has 2 atom stereocenters. The molecule has 0 N–H and O–H groups in total. The van der Waals surface area contributed by atoms with Crippen LogP contribution < -0.4 is 0 Å². The molecule has 0 saturated carbocycles. The van der Waals surface area contributed by atoms with E-state index in [2.05, 4.69) is 34.6 Å². The quantitative estimate of drug-likeness (QED) is 0.0344. The summed E-state index contributed by atoms with van der Waals surface area (Å²) in [6, 6.07) is 0. The van der Waals surface area contributed by atoms with Gasteiger partial charge < -0.3 is 14.2 Å². The van der Waals surface area contributed by atoms with Crippen molar-refractivity contribution in [2.24, 2.45) is 11.8 Å². The number of carbonyl (C=O) groups is 3. The van der Waals surface area contributed by atoms with Crippen LogP contribution in [0.3, 0.4) is 0 Å². The highest BCUT2D eigenvalue weighted by molar-refractivity contribution is 5.71. The molecule has 0 aliphatic carbocycles. The van der Waals surface area contributed by atoms with Crippen LogP contribution in [0.25, 0.3) is 0 Å². The van der Waals surface area contributed by atoms with Gasteiger partial charge in [-0.1, -0.05) is 266 Å². The number of hydrogen-bond donors (Lipinski definition) is 0. The van der Waals surface area contributed by atoms with E-state index in [4.69, 9.17) is 14.2 Å². The predicted octanol–water partition coefficient (Wildman–Crippen LogP) is 17.7. The van der Waals surface area contributed by atoms with Gasteiger partial charge in [0.25, 0.3) is 0 Å². The first-order valence-electron chi connectivity index (χ1n) is 27.3. The SMILES string of the molecule is CCCCCCCCCCCCC(=O)O[C@H](COC(=O)CCCCCCCCCCCCCCCCCCC(C)C)COC(=O)CCCCCCCCCCCCC(C)CC.